The maximum atomic E-state index is 12.6. The number of pyridine rings is 1. The Balaban J connectivity index is 1.59. The highest BCUT2D eigenvalue weighted by Gasteiger charge is 2.23. The van der Waals surface area contributed by atoms with E-state index in [1.165, 1.54) is 6.07 Å². The first-order valence-electron chi connectivity index (χ1n) is 10.0. The zero-order valence-electron chi connectivity index (χ0n) is 17.9. The van der Waals surface area contributed by atoms with Gasteiger partial charge in [0.15, 0.2) is 0 Å². The molecule has 2 heterocycles. The number of amides is 1. The van der Waals surface area contributed by atoms with Crippen LogP contribution in [0.4, 0.5) is 0 Å². The Bertz CT molecular complexity index is 1190. The Kier molecular flexibility index (Phi) is 6.34. The number of nitriles is 1. The van der Waals surface area contributed by atoms with Crippen molar-refractivity contribution in [1.29, 1.82) is 5.26 Å². The standard InChI is InChI=1S/C22H26N4O4S/c1-22(2,3)17-4-6-18(7-5-17)31(29,30)24-10-8-20(27)26-11-9-19-16(14-26)12-15(13-23)21(28)25-19/h4-7,12,24H,8-11,14H2,1-3H3,(H,25,28). The van der Waals surface area contributed by atoms with Gasteiger partial charge in [-0.05, 0) is 34.7 Å². The molecule has 8 nitrogen and oxygen atoms in total. The van der Waals surface area contributed by atoms with Crippen molar-refractivity contribution in [2.75, 3.05) is 13.1 Å². The largest absolute Gasteiger partial charge is 0.338 e. The van der Waals surface area contributed by atoms with Crippen molar-refractivity contribution in [3.63, 3.8) is 0 Å². The fourth-order valence-corrected chi connectivity index (χ4v) is 4.50. The molecule has 0 bridgehead atoms. The summed E-state index contributed by atoms with van der Waals surface area (Å²) in [5.41, 5.74) is 2.01. The molecule has 0 saturated heterocycles. The number of nitrogens with zero attached hydrogens (tertiary/aromatic N) is 2. The van der Waals surface area contributed by atoms with Crippen LogP contribution in [-0.4, -0.2) is 37.3 Å². The summed E-state index contributed by atoms with van der Waals surface area (Å²) < 4.78 is 27.5. The number of H-pyrrole nitrogens is 1. The highest BCUT2D eigenvalue weighted by atomic mass is 32.2. The monoisotopic (exact) mass is 442 g/mol. The molecule has 0 fully saturated rings. The van der Waals surface area contributed by atoms with Gasteiger partial charge in [-0.3, -0.25) is 9.59 Å². The van der Waals surface area contributed by atoms with Gasteiger partial charge in [-0.2, -0.15) is 5.26 Å². The number of sulfonamides is 1. The molecule has 2 aromatic rings. The highest BCUT2D eigenvalue weighted by Crippen LogP contribution is 2.23. The van der Waals surface area contributed by atoms with Crippen molar-refractivity contribution in [3.05, 3.63) is 63.1 Å². The third kappa shape index (κ3) is 5.21. The van der Waals surface area contributed by atoms with Gasteiger partial charge in [0, 0.05) is 38.2 Å². The fraction of sp³-hybridized carbons (Fsp3) is 0.409. The van der Waals surface area contributed by atoms with Crippen molar-refractivity contribution in [3.8, 4) is 6.07 Å². The van der Waals surface area contributed by atoms with E-state index in [0.29, 0.717) is 13.0 Å². The zero-order valence-corrected chi connectivity index (χ0v) is 18.7. The van der Waals surface area contributed by atoms with E-state index in [-0.39, 0.29) is 41.3 Å². The minimum Gasteiger partial charge on any atom is -0.338 e. The third-order valence-electron chi connectivity index (χ3n) is 5.34. The van der Waals surface area contributed by atoms with Crippen LogP contribution in [0.2, 0.25) is 0 Å². The molecule has 164 valence electrons. The second-order valence-electron chi connectivity index (χ2n) is 8.62. The quantitative estimate of drug-likeness (QED) is 0.731. The summed E-state index contributed by atoms with van der Waals surface area (Å²) in [5, 5.41) is 9.02. The first-order chi connectivity index (χ1) is 14.5. The molecule has 1 aliphatic heterocycles. The van der Waals surface area contributed by atoms with Crippen LogP contribution >= 0.6 is 0 Å². The van der Waals surface area contributed by atoms with E-state index < -0.39 is 15.6 Å². The van der Waals surface area contributed by atoms with Crippen molar-refractivity contribution in [2.24, 2.45) is 0 Å². The molecule has 0 atom stereocenters. The van der Waals surface area contributed by atoms with Gasteiger partial charge >= 0.3 is 0 Å². The summed E-state index contributed by atoms with van der Waals surface area (Å²) in [6.45, 7) is 6.85. The minimum atomic E-state index is -3.71. The second-order valence-corrected chi connectivity index (χ2v) is 10.4. The Labute approximate surface area is 182 Å². The average molecular weight is 443 g/mol. The van der Waals surface area contributed by atoms with Crippen molar-refractivity contribution >= 4 is 15.9 Å². The third-order valence-corrected chi connectivity index (χ3v) is 6.82. The highest BCUT2D eigenvalue weighted by molar-refractivity contribution is 7.89. The molecule has 1 aromatic heterocycles. The Morgan fingerprint density at radius 2 is 1.94 bits per heavy atom. The molecule has 0 aliphatic carbocycles. The summed E-state index contributed by atoms with van der Waals surface area (Å²) >= 11 is 0. The lowest BCUT2D eigenvalue weighted by Gasteiger charge is -2.28. The molecule has 3 rings (SSSR count). The molecular formula is C22H26N4O4S. The van der Waals surface area contributed by atoms with Crippen LogP contribution < -0.4 is 10.3 Å². The van der Waals surface area contributed by atoms with Gasteiger partial charge < -0.3 is 9.88 Å². The maximum absolute atomic E-state index is 12.6. The number of hydrogen-bond acceptors (Lipinski definition) is 5. The number of carbonyl (C=O) groups is 1. The number of aromatic amines is 1. The van der Waals surface area contributed by atoms with Crippen LogP contribution in [0.15, 0.2) is 40.0 Å². The number of aromatic nitrogens is 1. The lowest BCUT2D eigenvalue weighted by atomic mass is 9.87. The molecule has 1 aliphatic rings. The molecule has 0 radical (unpaired) electrons. The number of nitrogens with one attached hydrogen (secondary N) is 2. The van der Waals surface area contributed by atoms with E-state index in [1.54, 1.807) is 29.2 Å². The van der Waals surface area contributed by atoms with Crippen molar-refractivity contribution in [1.82, 2.24) is 14.6 Å². The van der Waals surface area contributed by atoms with E-state index in [9.17, 15) is 18.0 Å². The molecule has 0 saturated carbocycles. The van der Waals surface area contributed by atoms with Gasteiger partial charge in [0.2, 0.25) is 15.9 Å². The molecule has 0 unspecified atom stereocenters. The number of fused-ring (bicyclic) bond motifs is 1. The predicted octanol–water partition coefficient (Wildman–Crippen LogP) is 1.80. The van der Waals surface area contributed by atoms with Crippen molar-refractivity contribution < 1.29 is 13.2 Å². The van der Waals surface area contributed by atoms with Crippen LogP contribution in [-0.2, 0) is 33.2 Å². The van der Waals surface area contributed by atoms with E-state index in [1.807, 2.05) is 6.07 Å². The first kappa shape index (κ1) is 22.7. The number of carbonyl (C=O) groups excluding carboxylic acids is 1. The minimum absolute atomic E-state index is 0.0123. The number of benzene rings is 1. The Hall–Kier alpha value is -2.96. The van der Waals surface area contributed by atoms with Gasteiger partial charge in [-0.25, -0.2) is 13.1 Å². The number of rotatable bonds is 5. The molecular weight excluding hydrogens is 416 g/mol. The molecule has 1 amide bonds. The summed E-state index contributed by atoms with van der Waals surface area (Å²) in [7, 11) is -3.71. The molecule has 0 spiro atoms. The molecule has 9 heteroatoms. The predicted molar refractivity (Wildman–Crippen MR) is 116 cm³/mol. The average Bonchev–Trinajstić information content (AvgIpc) is 2.72. The summed E-state index contributed by atoms with van der Waals surface area (Å²) in [6, 6.07) is 10.1. The van der Waals surface area contributed by atoms with Gasteiger partial charge in [0.05, 0.1) is 4.90 Å². The molecule has 31 heavy (non-hydrogen) atoms. The fourth-order valence-electron chi connectivity index (χ4n) is 3.47. The maximum Gasteiger partial charge on any atom is 0.266 e. The van der Waals surface area contributed by atoms with E-state index in [0.717, 1.165) is 16.8 Å². The zero-order chi connectivity index (χ0) is 22.8. The van der Waals surface area contributed by atoms with Gasteiger partial charge in [-0.1, -0.05) is 32.9 Å². The number of hydrogen-bond donors (Lipinski definition) is 2. The first-order valence-corrected chi connectivity index (χ1v) is 11.5. The van der Waals surface area contributed by atoms with Gasteiger partial charge in [0.1, 0.15) is 11.6 Å². The van der Waals surface area contributed by atoms with E-state index in [4.69, 9.17) is 5.26 Å². The van der Waals surface area contributed by atoms with Crippen LogP contribution in [0.5, 0.6) is 0 Å². The van der Waals surface area contributed by atoms with E-state index in [2.05, 4.69) is 30.5 Å². The van der Waals surface area contributed by atoms with Gasteiger partial charge in [0.25, 0.3) is 5.56 Å². The SMILES string of the molecule is CC(C)(C)c1ccc(S(=O)(=O)NCCC(=O)N2CCc3[nH]c(=O)c(C#N)cc3C2)cc1. The summed E-state index contributed by atoms with van der Waals surface area (Å²) in [6.07, 6.45) is 0.497. The Morgan fingerprint density at radius 1 is 1.26 bits per heavy atom. The van der Waals surface area contributed by atoms with Crippen molar-refractivity contribution in [2.45, 2.75) is 50.5 Å². The lowest BCUT2D eigenvalue weighted by Crippen LogP contribution is -2.39. The van der Waals surface area contributed by atoms with Crippen LogP contribution in [0.1, 0.15) is 49.6 Å². The Morgan fingerprint density at radius 3 is 2.55 bits per heavy atom. The summed E-state index contributed by atoms with van der Waals surface area (Å²) in [5.74, 6) is -0.193. The van der Waals surface area contributed by atoms with E-state index >= 15 is 0 Å². The van der Waals surface area contributed by atoms with Crippen LogP contribution in [0.25, 0.3) is 0 Å². The van der Waals surface area contributed by atoms with Gasteiger partial charge in [-0.15, -0.1) is 0 Å². The lowest BCUT2D eigenvalue weighted by molar-refractivity contribution is -0.131. The molecule has 1 aromatic carbocycles. The summed E-state index contributed by atoms with van der Waals surface area (Å²) in [4.78, 5) is 28.8. The van der Waals surface area contributed by atoms with Crippen LogP contribution in [0.3, 0.4) is 0 Å². The smallest absolute Gasteiger partial charge is 0.266 e. The normalized spacial score (nSPS) is 14.1. The topological polar surface area (TPSA) is 123 Å². The van der Waals surface area contributed by atoms with Crippen LogP contribution in [0, 0.1) is 11.3 Å². The molecule has 2 N–H and O–H groups in total. The second kappa shape index (κ2) is 8.65.